The van der Waals surface area contributed by atoms with E-state index in [2.05, 4.69) is 31.1 Å². The molecule has 1 heterocycles. The lowest BCUT2D eigenvalue weighted by molar-refractivity contribution is 0.603. The number of nitrogens with zero attached hydrogens (tertiary/aromatic N) is 1. The van der Waals surface area contributed by atoms with Crippen molar-refractivity contribution >= 4 is 22.9 Å². The van der Waals surface area contributed by atoms with Gasteiger partial charge in [-0.2, -0.15) is 0 Å². The highest BCUT2D eigenvalue weighted by atomic mass is 35.5. The molecule has 2 rings (SSSR count). The third-order valence-electron chi connectivity index (χ3n) is 2.83. The summed E-state index contributed by atoms with van der Waals surface area (Å²) in [5.41, 5.74) is 2.24. The van der Waals surface area contributed by atoms with Crippen molar-refractivity contribution in [2.45, 2.75) is 26.8 Å². The molecule has 0 bridgehead atoms. The second kappa shape index (κ2) is 5.83. The summed E-state index contributed by atoms with van der Waals surface area (Å²) in [5.74, 6) is 0. The van der Waals surface area contributed by atoms with E-state index in [1.165, 1.54) is 4.88 Å². The number of hydrogen-bond donors (Lipinski definition) is 1. The highest BCUT2D eigenvalue weighted by molar-refractivity contribution is 7.15. The summed E-state index contributed by atoms with van der Waals surface area (Å²) < 4.78 is 0. The van der Waals surface area contributed by atoms with Crippen molar-refractivity contribution in [2.75, 3.05) is 6.54 Å². The van der Waals surface area contributed by atoms with Crippen molar-refractivity contribution < 1.29 is 0 Å². The van der Waals surface area contributed by atoms with Gasteiger partial charge in [-0.25, -0.2) is 4.98 Å². The van der Waals surface area contributed by atoms with Crippen molar-refractivity contribution in [3.63, 3.8) is 0 Å². The Bertz CT molecular complexity index is 519. The molecule has 0 aliphatic heterocycles. The van der Waals surface area contributed by atoms with Crippen LogP contribution >= 0.6 is 22.9 Å². The lowest BCUT2D eigenvalue weighted by Crippen LogP contribution is -2.17. The standard InChI is InChI=1S/C14H17ClN2S/c1-4-16-9(2)13-10(3)17-14(18-13)11-5-7-12(15)8-6-11/h5-9,16H,4H2,1-3H3. The van der Waals surface area contributed by atoms with Gasteiger partial charge in [0.2, 0.25) is 0 Å². The van der Waals surface area contributed by atoms with Crippen LogP contribution in [0.4, 0.5) is 0 Å². The van der Waals surface area contributed by atoms with Gasteiger partial charge in [0.1, 0.15) is 5.01 Å². The fourth-order valence-electron chi connectivity index (χ4n) is 1.92. The van der Waals surface area contributed by atoms with Gasteiger partial charge in [0.25, 0.3) is 0 Å². The number of rotatable bonds is 4. The molecule has 96 valence electrons. The van der Waals surface area contributed by atoms with Crippen LogP contribution in [0, 0.1) is 6.92 Å². The minimum atomic E-state index is 0.355. The number of nitrogens with one attached hydrogen (secondary N) is 1. The van der Waals surface area contributed by atoms with Gasteiger partial charge in [-0.05, 0) is 32.5 Å². The summed E-state index contributed by atoms with van der Waals surface area (Å²) >= 11 is 7.65. The zero-order chi connectivity index (χ0) is 13.1. The average molecular weight is 281 g/mol. The van der Waals surface area contributed by atoms with Crippen molar-refractivity contribution in [2.24, 2.45) is 0 Å². The Labute approximate surface area is 117 Å². The topological polar surface area (TPSA) is 24.9 Å². The van der Waals surface area contributed by atoms with Crippen molar-refractivity contribution in [1.29, 1.82) is 0 Å². The van der Waals surface area contributed by atoms with E-state index in [-0.39, 0.29) is 0 Å². The lowest BCUT2D eigenvalue weighted by Gasteiger charge is -2.09. The Morgan fingerprint density at radius 1 is 1.33 bits per heavy atom. The van der Waals surface area contributed by atoms with E-state index in [4.69, 9.17) is 11.6 Å². The van der Waals surface area contributed by atoms with Crippen LogP contribution in [0.2, 0.25) is 5.02 Å². The number of aromatic nitrogens is 1. The third-order valence-corrected chi connectivity index (χ3v) is 4.47. The van der Waals surface area contributed by atoms with Gasteiger partial charge in [0.05, 0.1) is 5.69 Å². The largest absolute Gasteiger partial charge is 0.310 e. The Morgan fingerprint density at radius 2 is 2.00 bits per heavy atom. The van der Waals surface area contributed by atoms with Crippen LogP contribution in [0.1, 0.15) is 30.5 Å². The summed E-state index contributed by atoms with van der Waals surface area (Å²) in [6.07, 6.45) is 0. The van der Waals surface area contributed by atoms with E-state index in [9.17, 15) is 0 Å². The van der Waals surface area contributed by atoms with Crippen molar-refractivity contribution in [3.8, 4) is 10.6 Å². The first kappa shape index (κ1) is 13.5. The molecule has 0 radical (unpaired) electrons. The summed E-state index contributed by atoms with van der Waals surface area (Å²) in [6.45, 7) is 7.33. The van der Waals surface area contributed by atoms with Gasteiger partial charge in [0, 0.05) is 21.5 Å². The molecule has 2 aromatic rings. The number of halogens is 1. The monoisotopic (exact) mass is 280 g/mol. The van der Waals surface area contributed by atoms with Gasteiger partial charge in [0.15, 0.2) is 0 Å². The van der Waals surface area contributed by atoms with Gasteiger partial charge in [-0.1, -0.05) is 30.7 Å². The average Bonchev–Trinajstić information content (AvgIpc) is 2.72. The molecule has 0 aliphatic carbocycles. The maximum atomic E-state index is 5.90. The van der Waals surface area contributed by atoms with Gasteiger partial charge < -0.3 is 5.32 Å². The minimum Gasteiger partial charge on any atom is -0.310 e. The van der Waals surface area contributed by atoms with Crippen LogP contribution in [0.3, 0.4) is 0 Å². The molecule has 0 fully saturated rings. The van der Waals surface area contributed by atoms with E-state index >= 15 is 0 Å². The quantitative estimate of drug-likeness (QED) is 0.895. The first-order chi connectivity index (χ1) is 8.61. The van der Waals surface area contributed by atoms with Gasteiger partial charge >= 0.3 is 0 Å². The lowest BCUT2D eigenvalue weighted by atomic mass is 10.2. The molecule has 0 amide bonds. The second-order valence-corrected chi connectivity index (χ2v) is 5.72. The van der Waals surface area contributed by atoms with Crippen LogP contribution in [-0.2, 0) is 0 Å². The SMILES string of the molecule is CCNC(C)c1sc(-c2ccc(Cl)cc2)nc1C. The predicted octanol–water partition coefficient (Wildman–Crippen LogP) is 4.44. The van der Waals surface area contributed by atoms with E-state index in [1.54, 1.807) is 11.3 Å². The smallest absolute Gasteiger partial charge is 0.123 e. The molecule has 1 aromatic heterocycles. The van der Waals surface area contributed by atoms with Crippen LogP contribution in [0.5, 0.6) is 0 Å². The Hall–Kier alpha value is -0.900. The summed E-state index contributed by atoms with van der Waals surface area (Å²) in [7, 11) is 0. The molecule has 2 nitrogen and oxygen atoms in total. The van der Waals surface area contributed by atoms with Crippen molar-refractivity contribution in [1.82, 2.24) is 10.3 Å². The van der Waals surface area contributed by atoms with E-state index in [0.29, 0.717) is 6.04 Å². The van der Waals surface area contributed by atoms with Gasteiger partial charge in [-0.15, -0.1) is 11.3 Å². The molecule has 1 atom stereocenters. The minimum absolute atomic E-state index is 0.355. The van der Waals surface area contributed by atoms with Crippen LogP contribution in [0.25, 0.3) is 10.6 Å². The first-order valence-corrected chi connectivity index (χ1v) is 7.28. The molecule has 0 aliphatic rings. The Morgan fingerprint density at radius 3 is 2.61 bits per heavy atom. The Balaban J connectivity index is 2.30. The number of benzene rings is 1. The zero-order valence-corrected chi connectivity index (χ0v) is 12.4. The summed E-state index contributed by atoms with van der Waals surface area (Å²) in [6, 6.07) is 8.20. The fraction of sp³-hybridized carbons (Fsp3) is 0.357. The first-order valence-electron chi connectivity index (χ1n) is 6.08. The molecule has 18 heavy (non-hydrogen) atoms. The maximum Gasteiger partial charge on any atom is 0.123 e. The summed E-state index contributed by atoms with van der Waals surface area (Å²) in [5, 5.41) is 5.24. The van der Waals surface area contributed by atoms with Crippen LogP contribution < -0.4 is 5.32 Å². The molecule has 0 spiro atoms. The fourth-order valence-corrected chi connectivity index (χ4v) is 3.15. The molecule has 1 N–H and O–H groups in total. The maximum absolute atomic E-state index is 5.90. The second-order valence-electron chi connectivity index (χ2n) is 4.25. The van der Waals surface area contributed by atoms with E-state index in [0.717, 1.165) is 27.8 Å². The number of hydrogen-bond acceptors (Lipinski definition) is 3. The van der Waals surface area contributed by atoms with E-state index in [1.807, 2.05) is 24.3 Å². The molecule has 0 saturated heterocycles. The summed E-state index contributed by atoms with van der Waals surface area (Å²) in [4.78, 5) is 5.96. The molecule has 1 aromatic carbocycles. The highest BCUT2D eigenvalue weighted by Gasteiger charge is 2.14. The van der Waals surface area contributed by atoms with Crippen LogP contribution in [-0.4, -0.2) is 11.5 Å². The normalized spacial score (nSPS) is 12.7. The molecule has 4 heteroatoms. The Kier molecular flexibility index (Phi) is 4.38. The van der Waals surface area contributed by atoms with E-state index < -0.39 is 0 Å². The predicted molar refractivity (Wildman–Crippen MR) is 79.4 cm³/mol. The molecule has 1 unspecified atom stereocenters. The van der Waals surface area contributed by atoms with Gasteiger partial charge in [-0.3, -0.25) is 0 Å². The number of aryl methyl sites for hydroxylation is 1. The van der Waals surface area contributed by atoms with Crippen molar-refractivity contribution in [3.05, 3.63) is 39.9 Å². The molecular weight excluding hydrogens is 264 g/mol. The third kappa shape index (κ3) is 2.91. The molecule has 0 saturated carbocycles. The highest BCUT2D eigenvalue weighted by Crippen LogP contribution is 2.32. The number of thiazole rings is 1. The van der Waals surface area contributed by atoms with Crippen LogP contribution in [0.15, 0.2) is 24.3 Å². The zero-order valence-electron chi connectivity index (χ0n) is 10.8. The molecular formula is C14H17ClN2S.